The van der Waals surface area contributed by atoms with Gasteiger partial charge in [-0.25, -0.2) is 4.39 Å². The molecule has 0 aliphatic carbocycles. The highest BCUT2D eigenvalue weighted by molar-refractivity contribution is 5.75. The minimum Gasteiger partial charge on any atom is -0.489 e. The molecule has 130 valence electrons. The zero-order chi connectivity index (χ0) is 18.2. The van der Waals surface area contributed by atoms with Crippen molar-refractivity contribution in [3.63, 3.8) is 0 Å². The smallest absolute Gasteiger partial charge is 0.310 e. The van der Waals surface area contributed by atoms with Crippen molar-refractivity contribution in [2.75, 3.05) is 13.7 Å². The van der Waals surface area contributed by atoms with Crippen molar-refractivity contribution in [1.82, 2.24) is 0 Å². The molecule has 0 heterocycles. The second kappa shape index (κ2) is 8.83. The standard InChI is InChI=1S/C21H21FO3/c1-4-15(5-2)14-25-20-12-17(16-8-10-19(22)11-9-16)6-7-18(20)13-21(23)24-3/h4-12H,1,13-14H2,2-3H3/b15-5+. The molecule has 0 aliphatic heterocycles. The number of allylic oxidation sites excluding steroid dienone is 1. The summed E-state index contributed by atoms with van der Waals surface area (Å²) in [6, 6.07) is 11.8. The zero-order valence-electron chi connectivity index (χ0n) is 14.4. The lowest BCUT2D eigenvalue weighted by Gasteiger charge is -2.13. The number of benzene rings is 2. The van der Waals surface area contributed by atoms with Crippen LogP contribution in [0.2, 0.25) is 0 Å². The van der Waals surface area contributed by atoms with E-state index in [2.05, 4.69) is 6.58 Å². The molecule has 2 aromatic carbocycles. The molecular formula is C21H21FO3. The Morgan fingerprint density at radius 2 is 1.84 bits per heavy atom. The molecule has 4 heteroatoms. The van der Waals surface area contributed by atoms with Crippen molar-refractivity contribution in [3.05, 3.63) is 78.1 Å². The fraction of sp³-hybridized carbons (Fsp3) is 0.190. The van der Waals surface area contributed by atoms with Crippen LogP contribution < -0.4 is 4.74 Å². The van der Waals surface area contributed by atoms with E-state index in [1.807, 2.05) is 31.2 Å². The second-order valence-corrected chi connectivity index (χ2v) is 5.44. The fourth-order valence-corrected chi connectivity index (χ4v) is 2.31. The molecule has 0 amide bonds. The first kappa shape index (κ1) is 18.5. The van der Waals surface area contributed by atoms with Gasteiger partial charge in [0.25, 0.3) is 0 Å². The van der Waals surface area contributed by atoms with Gasteiger partial charge in [0.05, 0.1) is 13.5 Å². The van der Waals surface area contributed by atoms with Gasteiger partial charge in [-0.1, -0.05) is 43.0 Å². The molecule has 25 heavy (non-hydrogen) atoms. The topological polar surface area (TPSA) is 35.5 Å². The van der Waals surface area contributed by atoms with Gasteiger partial charge in [-0.3, -0.25) is 4.79 Å². The summed E-state index contributed by atoms with van der Waals surface area (Å²) >= 11 is 0. The van der Waals surface area contributed by atoms with Crippen LogP contribution in [-0.2, 0) is 16.0 Å². The largest absolute Gasteiger partial charge is 0.489 e. The molecule has 0 aliphatic rings. The molecule has 0 spiro atoms. The van der Waals surface area contributed by atoms with Crippen molar-refractivity contribution in [2.45, 2.75) is 13.3 Å². The molecule has 0 aromatic heterocycles. The molecule has 0 saturated heterocycles. The van der Waals surface area contributed by atoms with Gasteiger partial charge < -0.3 is 9.47 Å². The van der Waals surface area contributed by atoms with Gasteiger partial charge in [-0.05, 0) is 41.8 Å². The van der Waals surface area contributed by atoms with Crippen LogP contribution >= 0.6 is 0 Å². The van der Waals surface area contributed by atoms with E-state index in [1.165, 1.54) is 19.2 Å². The van der Waals surface area contributed by atoms with Crippen LogP contribution in [0.1, 0.15) is 12.5 Å². The van der Waals surface area contributed by atoms with E-state index >= 15 is 0 Å². The molecule has 0 fully saturated rings. The number of rotatable bonds is 7. The number of hydrogen-bond donors (Lipinski definition) is 0. The summed E-state index contributed by atoms with van der Waals surface area (Å²) in [4.78, 5) is 11.6. The normalized spacial score (nSPS) is 11.1. The van der Waals surface area contributed by atoms with Crippen LogP contribution in [0.15, 0.2) is 66.8 Å². The number of carbonyl (C=O) groups excluding carboxylic acids is 1. The number of hydrogen-bond acceptors (Lipinski definition) is 3. The fourth-order valence-electron chi connectivity index (χ4n) is 2.31. The van der Waals surface area contributed by atoms with Gasteiger partial charge in [0.2, 0.25) is 0 Å². The van der Waals surface area contributed by atoms with E-state index < -0.39 is 0 Å². The van der Waals surface area contributed by atoms with Gasteiger partial charge in [-0.2, -0.15) is 0 Å². The van der Waals surface area contributed by atoms with E-state index in [0.29, 0.717) is 12.4 Å². The number of carbonyl (C=O) groups is 1. The Hall–Kier alpha value is -2.88. The highest BCUT2D eigenvalue weighted by atomic mass is 19.1. The van der Waals surface area contributed by atoms with Crippen molar-refractivity contribution in [2.24, 2.45) is 0 Å². The summed E-state index contributed by atoms with van der Waals surface area (Å²) in [6.45, 7) is 6.00. The summed E-state index contributed by atoms with van der Waals surface area (Å²) in [5.74, 6) is -0.0333. The summed E-state index contributed by atoms with van der Waals surface area (Å²) < 4.78 is 23.8. The third-order valence-corrected chi connectivity index (χ3v) is 3.83. The van der Waals surface area contributed by atoms with Gasteiger partial charge in [0.1, 0.15) is 18.2 Å². The second-order valence-electron chi connectivity index (χ2n) is 5.44. The van der Waals surface area contributed by atoms with E-state index in [9.17, 15) is 9.18 Å². The number of methoxy groups -OCH3 is 1. The predicted octanol–water partition coefficient (Wildman–Crippen LogP) is 4.72. The molecule has 3 nitrogen and oxygen atoms in total. The van der Waals surface area contributed by atoms with Crippen LogP contribution in [0.4, 0.5) is 4.39 Å². The van der Waals surface area contributed by atoms with E-state index in [0.717, 1.165) is 22.3 Å². The van der Waals surface area contributed by atoms with Gasteiger partial charge in [-0.15, -0.1) is 0 Å². The Labute approximate surface area is 147 Å². The summed E-state index contributed by atoms with van der Waals surface area (Å²) in [6.07, 6.45) is 3.76. The van der Waals surface area contributed by atoms with Crippen LogP contribution in [0.5, 0.6) is 5.75 Å². The SMILES string of the molecule is C=C/C(=C\C)COc1cc(-c2ccc(F)cc2)ccc1CC(=O)OC. The Kier molecular flexibility index (Phi) is 6.52. The molecule has 2 rings (SSSR count). The van der Waals surface area contributed by atoms with Crippen molar-refractivity contribution >= 4 is 5.97 Å². The molecule has 0 atom stereocenters. The lowest BCUT2D eigenvalue weighted by Crippen LogP contribution is -2.08. The first-order valence-corrected chi connectivity index (χ1v) is 7.93. The maximum Gasteiger partial charge on any atom is 0.310 e. The van der Waals surface area contributed by atoms with E-state index in [1.54, 1.807) is 18.2 Å². The highest BCUT2D eigenvalue weighted by Gasteiger charge is 2.12. The minimum absolute atomic E-state index is 0.120. The first-order chi connectivity index (χ1) is 12.1. The summed E-state index contributed by atoms with van der Waals surface area (Å²) in [7, 11) is 1.35. The predicted molar refractivity (Wildman–Crippen MR) is 97.0 cm³/mol. The molecule has 0 N–H and O–H groups in total. The van der Waals surface area contributed by atoms with Gasteiger partial charge in [0.15, 0.2) is 0 Å². The third-order valence-electron chi connectivity index (χ3n) is 3.83. The third kappa shape index (κ3) is 5.05. The molecule has 0 unspecified atom stereocenters. The maximum atomic E-state index is 13.1. The quantitative estimate of drug-likeness (QED) is 0.540. The Morgan fingerprint density at radius 1 is 1.16 bits per heavy atom. The molecular weight excluding hydrogens is 319 g/mol. The molecule has 2 aromatic rings. The number of esters is 1. The zero-order valence-corrected chi connectivity index (χ0v) is 14.4. The van der Waals surface area contributed by atoms with Crippen molar-refractivity contribution < 1.29 is 18.7 Å². The maximum absolute atomic E-state index is 13.1. The van der Waals surface area contributed by atoms with E-state index in [4.69, 9.17) is 9.47 Å². The number of halogens is 1. The highest BCUT2D eigenvalue weighted by Crippen LogP contribution is 2.28. The van der Waals surface area contributed by atoms with Gasteiger partial charge >= 0.3 is 5.97 Å². The Balaban J connectivity index is 2.35. The van der Waals surface area contributed by atoms with Crippen LogP contribution in [0.25, 0.3) is 11.1 Å². The summed E-state index contributed by atoms with van der Waals surface area (Å²) in [5.41, 5.74) is 3.42. The van der Waals surface area contributed by atoms with E-state index in [-0.39, 0.29) is 18.2 Å². The summed E-state index contributed by atoms with van der Waals surface area (Å²) in [5, 5.41) is 0. The molecule has 0 radical (unpaired) electrons. The van der Waals surface area contributed by atoms with Crippen molar-refractivity contribution in [3.8, 4) is 16.9 Å². The average molecular weight is 340 g/mol. The minimum atomic E-state index is -0.339. The lowest BCUT2D eigenvalue weighted by molar-refractivity contribution is -0.139. The van der Waals surface area contributed by atoms with Crippen LogP contribution in [-0.4, -0.2) is 19.7 Å². The van der Waals surface area contributed by atoms with Gasteiger partial charge in [0, 0.05) is 5.56 Å². The number of ether oxygens (including phenoxy) is 2. The molecule has 0 bridgehead atoms. The Morgan fingerprint density at radius 3 is 2.44 bits per heavy atom. The van der Waals surface area contributed by atoms with Crippen molar-refractivity contribution in [1.29, 1.82) is 0 Å². The Bertz CT molecular complexity index is 776. The van der Waals surface area contributed by atoms with Crippen LogP contribution in [0.3, 0.4) is 0 Å². The lowest BCUT2D eigenvalue weighted by atomic mass is 10.0. The monoisotopic (exact) mass is 340 g/mol. The van der Waals surface area contributed by atoms with Crippen LogP contribution in [0, 0.1) is 5.82 Å². The average Bonchev–Trinajstić information content (AvgIpc) is 2.64. The molecule has 0 saturated carbocycles. The first-order valence-electron chi connectivity index (χ1n) is 7.93.